The first kappa shape index (κ1) is 26.8. The molecule has 3 rings (SSSR count). The molecule has 36 heavy (non-hydrogen) atoms. The second kappa shape index (κ2) is 14.6. The smallest absolute Gasteiger partial charge is 0.306 e. The number of hydrogen-bond donors (Lipinski definition) is 0. The molecule has 0 radical (unpaired) electrons. The van der Waals surface area contributed by atoms with Crippen LogP contribution in [0.2, 0.25) is 0 Å². The maximum Gasteiger partial charge on any atom is 0.306 e. The molecule has 0 saturated carbocycles. The fraction of sp³-hybridized carbons (Fsp3) is 0.333. The van der Waals surface area contributed by atoms with Crippen LogP contribution in [0.3, 0.4) is 0 Å². The van der Waals surface area contributed by atoms with Crippen molar-refractivity contribution in [1.29, 1.82) is 0 Å². The van der Waals surface area contributed by atoms with Crippen LogP contribution >= 0.6 is 0 Å². The third-order valence-corrected chi connectivity index (χ3v) is 5.51. The summed E-state index contributed by atoms with van der Waals surface area (Å²) < 4.78 is 22.8. The minimum atomic E-state index is -0.205. The SMILES string of the molecule is CCOC(=O)CCc1ccccc1OCCCCOc1cc(OCc2ccccc2)ccc1C(C)=O. The number of ketones is 1. The van der Waals surface area contributed by atoms with Crippen molar-refractivity contribution < 1.29 is 28.5 Å². The number of rotatable bonds is 15. The molecule has 0 bridgehead atoms. The van der Waals surface area contributed by atoms with Crippen LogP contribution in [0.25, 0.3) is 0 Å². The third-order valence-electron chi connectivity index (χ3n) is 5.51. The normalized spacial score (nSPS) is 10.5. The summed E-state index contributed by atoms with van der Waals surface area (Å²) in [6.45, 7) is 5.14. The Morgan fingerprint density at radius 2 is 1.47 bits per heavy atom. The fourth-order valence-corrected chi connectivity index (χ4v) is 3.63. The van der Waals surface area contributed by atoms with Crippen molar-refractivity contribution in [2.45, 2.75) is 46.1 Å². The van der Waals surface area contributed by atoms with Crippen LogP contribution in [0.4, 0.5) is 0 Å². The van der Waals surface area contributed by atoms with Crippen LogP contribution in [0.15, 0.2) is 72.8 Å². The quantitative estimate of drug-likeness (QED) is 0.143. The molecule has 6 nitrogen and oxygen atoms in total. The maximum absolute atomic E-state index is 12.0. The van der Waals surface area contributed by atoms with Gasteiger partial charge >= 0.3 is 5.97 Å². The van der Waals surface area contributed by atoms with Gasteiger partial charge in [-0.05, 0) is 62.4 Å². The summed E-state index contributed by atoms with van der Waals surface area (Å²) in [6.07, 6.45) is 2.45. The Morgan fingerprint density at radius 1 is 0.778 bits per heavy atom. The van der Waals surface area contributed by atoms with Crippen LogP contribution in [0, 0.1) is 0 Å². The zero-order chi connectivity index (χ0) is 25.6. The Balaban J connectivity index is 1.45. The van der Waals surface area contributed by atoms with Gasteiger partial charge in [-0.3, -0.25) is 9.59 Å². The summed E-state index contributed by atoms with van der Waals surface area (Å²) in [6, 6.07) is 23.0. The van der Waals surface area contributed by atoms with Gasteiger partial charge < -0.3 is 18.9 Å². The van der Waals surface area contributed by atoms with Crippen molar-refractivity contribution in [1.82, 2.24) is 0 Å². The van der Waals surface area contributed by atoms with Gasteiger partial charge in [0.25, 0.3) is 0 Å². The first-order valence-corrected chi connectivity index (χ1v) is 12.4. The number of esters is 1. The largest absolute Gasteiger partial charge is 0.493 e. The van der Waals surface area contributed by atoms with Gasteiger partial charge in [0.15, 0.2) is 5.78 Å². The van der Waals surface area contributed by atoms with E-state index in [1.807, 2.05) is 54.6 Å². The van der Waals surface area contributed by atoms with Gasteiger partial charge in [-0.15, -0.1) is 0 Å². The van der Waals surface area contributed by atoms with Gasteiger partial charge in [0.05, 0.1) is 25.4 Å². The minimum Gasteiger partial charge on any atom is -0.493 e. The van der Waals surface area contributed by atoms with Gasteiger partial charge in [-0.1, -0.05) is 48.5 Å². The lowest BCUT2D eigenvalue weighted by atomic mass is 10.1. The second-order valence-corrected chi connectivity index (χ2v) is 8.31. The monoisotopic (exact) mass is 490 g/mol. The van der Waals surface area contributed by atoms with Crippen LogP contribution in [-0.4, -0.2) is 31.6 Å². The molecule has 0 aliphatic carbocycles. The van der Waals surface area contributed by atoms with E-state index in [1.165, 1.54) is 6.92 Å². The number of ether oxygens (including phenoxy) is 4. The molecule has 0 N–H and O–H groups in total. The van der Waals surface area contributed by atoms with Crippen LogP contribution in [-0.2, 0) is 22.6 Å². The number of para-hydroxylation sites is 1. The summed E-state index contributed by atoms with van der Waals surface area (Å²) in [5.74, 6) is 1.70. The molecule has 0 amide bonds. The Hall–Kier alpha value is -3.80. The van der Waals surface area contributed by atoms with E-state index in [-0.39, 0.29) is 11.8 Å². The van der Waals surface area contributed by atoms with Gasteiger partial charge in [0, 0.05) is 12.5 Å². The minimum absolute atomic E-state index is 0.0534. The standard InChI is InChI=1S/C30H34O6/c1-3-33-30(32)18-15-25-13-7-8-14-28(25)34-19-9-10-20-35-29-21-26(16-17-27(29)23(2)31)36-22-24-11-5-4-6-12-24/h4-8,11-14,16-17,21H,3,9-10,15,18-20,22H2,1-2H3. The Bertz CT molecular complexity index is 1110. The van der Waals surface area contributed by atoms with Crippen molar-refractivity contribution in [2.24, 2.45) is 0 Å². The lowest BCUT2D eigenvalue weighted by molar-refractivity contribution is -0.143. The molecular weight excluding hydrogens is 456 g/mol. The molecule has 0 unspecified atom stereocenters. The van der Waals surface area contributed by atoms with Crippen molar-refractivity contribution in [3.05, 3.63) is 89.5 Å². The number of carbonyl (C=O) groups is 2. The molecule has 0 aliphatic rings. The Morgan fingerprint density at radius 3 is 2.19 bits per heavy atom. The zero-order valence-corrected chi connectivity index (χ0v) is 21.0. The maximum atomic E-state index is 12.0. The van der Waals surface area contributed by atoms with Crippen molar-refractivity contribution in [2.75, 3.05) is 19.8 Å². The molecule has 0 atom stereocenters. The highest BCUT2D eigenvalue weighted by Crippen LogP contribution is 2.26. The highest BCUT2D eigenvalue weighted by molar-refractivity contribution is 5.97. The van der Waals surface area contributed by atoms with E-state index in [9.17, 15) is 9.59 Å². The van der Waals surface area contributed by atoms with Crippen LogP contribution in [0.1, 0.15) is 54.6 Å². The molecule has 3 aromatic carbocycles. The molecule has 0 heterocycles. The summed E-state index contributed by atoms with van der Waals surface area (Å²) in [5, 5.41) is 0. The third kappa shape index (κ3) is 8.77. The molecule has 0 spiro atoms. The molecule has 0 aliphatic heterocycles. The Kier molecular flexibility index (Phi) is 10.8. The van der Waals surface area contributed by atoms with E-state index in [4.69, 9.17) is 18.9 Å². The summed E-state index contributed by atoms with van der Waals surface area (Å²) in [7, 11) is 0. The molecule has 0 fully saturated rings. The van der Waals surface area contributed by atoms with Gasteiger partial charge in [-0.2, -0.15) is 0 Å². The number of aryl methyl sites for hydroxylation is 1. The van der Waals surface area contributed by atoms with E-state index in [1.54, 1.807) is 25.1 Å². The van der Waals surface area contributed by atoms with E-state index in [2.05, 4.69) is 0 Å². The van der Waals surface area contributed by atoms with E-state index in [0.717, 1.165) is 29.7 Å². The predicted molar refractivity (Wildman–Crippen MR) is 139 cm³/mol. The lowest BCUT2D eigenvalue weighted by Gasteiger charge is -2.14. The predicted octanol–water partition coefficient (Wildman–Crippen LogP) is 6.20. The number of Topliss-reactive ketones (excluding diaryl/α,β-unsaturated/α-hetero) is 1. The average Bonchev–Trinajstić information content (AvgIpc) is 2.89. The number of unbranched alkanes of at least 4 members (excludes halogenated alkanes) is 1. The molecule has 0 aromatic heterocycles. The zero-order valence-electron chi connectivity index (χ0n) is 21.0. The summed E-state index contributed by atoms with van der Waals surface area (Å²) >= 11 is 0. The highest BCUT2D eigenvalue weighted by Gasteiger charge is 2.11. The van der Waals surface area contributed by atoms with Crippen LogP contribution < -0.4 is 14.2 Å². The van der Waals surface area contributed by atoms with E-state index >= 15 is 0 Å². The van der Waals surface area contributed by atoms with Gasteiger partial charge in [-0.25, -0.2) is 0 Å². The number of carbonyl (C=O) groups excluding carboxylic acids is 2. The first-order valence-electron chi connectivity index (χ1n) is 12.4. The molecule has 0 saturated heterocycles. The molecule has 3 aromatic rings. The van der Waals surface area contributed by atoms with Crippen LogP contribution in [0.5, 0.6) is 17.2 Å². The van der Waals surface area contributed by atoms with E-state index in [0.29, 0.717) is 56.3 Å². The molecule has 190 valence electrons. The fourth-order valence-electron chi connectivity index (χ4n) is 3.63. The van der Waals surface area contributed by atoms with Gasteiger partial charge in [0.2, 0.25) is 0 Å². The molecular formula is C30H34O6. The number of benzene rings is 3. The summed E-state index contributed by atoms with van der Waals surface area (Å²) in [4.78, 5) is 23.7. The Labute approximate surface area is 213 Å². The number of hydrogen-bond acceptors (Lipinski definition) is 6. The summed E-state index contributed by atoms with van der Waals surface area (Å²) in [5.41, 5.74) is 2.59. The second-order valence-electron chi connectivity index (χ2n) is 8.31. The highest BCUT2D eigenvalue weighted by atomic mass is 16.5. The van der Waals surface area contributed by atoms with Crippen molar-refractivity contribution in [3.8, 4) is 17.2 Å². The van der Waals surface area contributed by atoms with Crippen molar-refractivity contribution in [3.63, 3.8) is 0 Å². The van der Waals surface area contributed by atoms with Crippen molar-refractivity contribution >= 4 is 11.8 Å². The van der Waals surface area contributed by atoms with Gasteiger partial charge in [0.1, 0.15) is 23.9 Å². The van der Waals surface area contributed by atoms with E-state index < -0.39 is 0 Å². The average molecular weight is 491 g/mol. The topological polar surface area (TPSA) is 71.1 Å². The lowest BCUT2D eigenvalue weighted by Crippen LogP contribution is -2.08. The first-order chi connectivity index (χ1) is 17.6. The molecule has 6 heteroatoms.